The number of hydrogen-bond donors (Lipinski definition) is 1. The molecule has 1 aromatic heterocycles. The molecular formula is C20H18N2O3. The Morgan fingerprint density at radius 1 is 1.08 bits per heavy atom. The molecule has 0 aliphatic carbocycles. The number of allylic oxidation sites excluding steroid dienone is 1. The molecule has 0 aliphatic rings. The molecule has 2 aromatic carbocycles. The van der Waals surface area contributed by atoms with E-state index in [0.717, 1.165) is 0 Å². The van der Waals surface area contributed by atoms with Crippen LogP contribution in [0, 0.1) is 0 Å². The summed E-state index contributed by atoms with van der Waals surface area (Å²) in [6.07, 6.45) is 3.37. The van der Waals surface area contributed by atoms with Crippen molar-refractivity contribution in [3.63, 3.8) is 0 Å². The summed E-state index contributed by atoms with van der Waals surface area (Å²) >= 11 is 0. The van der Waals surface area contributed by atoms with Crippen molar-refractivity contribution in [2.45, 2.75) is 6.54 Å². The molecule has 0 saturated heterocycles. The van der Waals surface area contributed by atoms with Crippen LogP contribution in [0.5, 0.6) is 5.75 Å². The molecular weight excluding hydrogens is 316 g/mol. The summed E-state index contributed by atoms with van der Waals surface area (Å²) in [7, 11) is 0. The first-order valence-electron chi connectivity index (χ1n) is 7.90. The summed E-state index contributed by atoms with van der Waals surface area (Å²) in [6, 6.07) is 16.2. The highest BCUT2D eigenvalue weighted by Gasteiger charge is 2.09. The second-order valence-electron chi connectivity index (χ2n) is 5.48. The number of carbonyl (C=O) groups is 1. The zero-order valence-corrected chi connectivity index (χ0v) is 13.6. The van der Waals surface area contributed by atoms with Crippen LogP contribution in [-0.2, 0) is 11.3 Å². The Morgan fingerprint density at radius 2 is 1.88 bits per heavy atom. The summed E-state index contributed by atoms with van der Waals surface area (Å²) in [4.78, 5) is 24.4. The fourth-order valence-electron chi connectivity index (χ4n) is 2.56. The number of benzene rings is 2. The molecule has 0 fully saturated rings. The quantitative estimate of drug-likeness (QED) is 0.704. The molecule has 5 heteroatoms. The van der Waals surface area contributed by atoms with Crippen LogP contribution < -0.4 is 15.6 Å². The van der Waals surface area contributed by atoms with Crippen LogP contribution >= 0.6 is 0 Å². The zero-order valence-electron chi connectivity index (χ0n) is 13.6. The third-order valence-corrected chi connectivity index (χ3v) is 3.72. The minimum atomic E-state index is -0.261. The van der Waals surface area contributed by atoms with Gasteiger partial charge in [-0.1, -0.05) is 30.3 Å². The molecule has 3 aromatic rings. The minimum absolute atomic E-state index is 0.114. The number of anilines is 1. The van der Waals surface area contributed by atoms with E-state index in [1.54, 1.807) is 47.2 Å². The van der Waals surface area contributed by atoms with E-state index < -0.39 is 0 Å². The maximum Gasteiger partial charge on any atom is 0.262 e. The van der Waals surface area contributed by atoms with Crippen molar-refractivity contribution in [1.82, 2.24) is 4.57 Å². The smallest absolute Gasteiger partial charge is 0.262 e. The van der Waals surface area contributed by atoms with Gasteiger partial charge in [-0.05, 0) is 30.3 Å². The van der Waals surface area contributed by atoms with Gasteiger partial charge in [-0.2, -0.15) is 0 Å². The number of amides is 1. The first kappa shape index (κ1) is 16.5. The average molecular weight is 334 g/mol. The first-order chi connectivity index (χ1) is 12.2. The second-order valence-corrected chi connectivity index (χ2v) is 5.48. The summed E-state index contributed by atoms with van der Waals surface area (Å²) in [5.74, 6) is 0.242. The Morgan fingerprint density at radius 3 is 2.64 bits per heavy atom. The standard InChI is InChI=1S/C20H18N2O3/c1-2-12-22-13-11-16-17(20(22)24)9-6-10-18(16)25-14-19(23)21-15-7-4-3-5-8-15/h2-11,13H,1,12,14H2,(H,21,23). The van der Waals surface area contributed by atoms with Gasteiger partial charge in [0.2, 0.25) is 0 Å². The fourth-order valence-corrected chi connectivity index (χ4v) is 2.56. The van der Waals surface area contributed by atoms with E-state index in [1.807, 2.05) is 24.3 Å². The maximum atomic E-state index is 12.4. The first-order valence-corrected chi connectivity index (χ1v) is 7.90. The van der Waals surface area contributed by atoms with Crippen LogP contribution in [0.1, 0.15) is 0 Å². The molecule has 0 unspecified atom stereocenters. The summed E-state index contributed by atoms with van der Waals surface area (Å²) in [6.45, 7) is 3.96. The predicted octanol–water partition coefficient (Wildman–Crippen LogP) is 3.21. The van der Waals surface area contributed by atoms with Gasteiger partial charge in [0.15, 0.2) is 6.61 Å². The lowest BCUT2D eigenvalue weighted by atomic mass is 10.1. The zero-order chi connectivity index (χ0) is 17.6. The van der Waals surface area contributed by atoms with Gasteiger partial charge in [-0.3, -0.25) is 9.59 Å². The number of nitrogens with zero attached hydrogens (tertiary/aromatic N) is 1. The summed E-state index contributed by atoms with van der Waals surface area (Å²) < 4.78 is 7.20. The molecule has 3 rings (SSSR count). The average Bonchev–Trinajstić information content (AvgIpc) is 2.63. The number of rotatable bonds is 6. The lowest BCUT2D eigenvalue weighted by Crippen LogP contribution is -2.21. The lowest BCUT2D eigenvalue weighted by molar-refractivity contribution is -0.118. The fraction of sp³-hybridized carbons (Fsp3) is 0.100. The monoisotopic (exact) mass is 334 g/mol. The molecule has 0 bridgehead atoms. The molecule has 1 heterocycles. The molecule has 0 radical (unpaired) electrons. The van der Waals surface area contributed by atoms with Crippen LogP contribution in [0.25, 0.3) is 10.8 Å². The molecule has 25 heavy (non-hydrogen) atoms. The van der Waals surface area contributed by atoms with E-state index in [4.69, 9.17) is 4.74 Å². The number of hydrogen-bond acceptors (Lipinski definition) is 3. The molecule has 5 nitrogen and oxygen atoms in total. The van der Waals surface area contributed by atoms with Crippen molar-refractivity contribution >= 4 is 22.4 Å². The van der Waals surface area contributed by atoms with Crippen LogP contribution in [0.15, 0.2) is 78.2 Å². The van der Waals surface area contributed by atoms with Gasteiger partial charge in [0.1, 0.15) is 5.75 Å². The Labute approximate surface area is 145 Å². The minimum Gasteiger partial charge on any atom is -0.483 e. The van der Waals surface area contributed by atoms with Gasteiger partial charge in [0.05, 0.1) is 5.39 Å². The van der Waals surface area contributed by atoms with Gasteiger partial charge in [0, 0.05) is 23.8 Å². The molecule has 126 valence electrons. The van der Waals surface area contributed by atoms with Gasteiger partial charge in [0.25, 0.3) is 11.5 Å². The number of fused-ring (bicyclic) bond motifs is 1. The van der Waals surface area contributed by atoms with E-state index in [9.17, 15) is 9.59 Å². The van der Waals surface area contributed by atoms with Crippen LogP contribution in [0.3, 0.4) is 0 Å². The third kappa shape index (κ3) is 3.77. The van der Waals surface area contributed by atoms with Crippen molar-refractivity contribution < 1.29 is 9.53 Å². The Hall–Kier alpha value is -3.34. The van der Waals surface area contributed by atoms with Crippen molar-refractivity contribution in [3.05, 3.63) is 83.8 Å². The van der Waals surface area contributed by atoms with Crippen molar-refractivity contribution in [2.24, 2.45) is 0 Å². The molecule has 1 amide bonds. The topological polar surface area (TPSA) is 60.3 Å². The molecule has 0 saturated carbocycles. The third-order valence-electron chi connectivity index (χ3n) is 3.72. The van der Waals surface area contributed by atoms with Crippen molar-refractivity contribution in [2.75, 3.05) is 11.9 Å². The summed E-state index contributed by atoms with van der Waals surface area (Å²) in [5.41, 5.74) is 0.595. The number of ether oxygens (including phenoxy) is 1. The highest BCUT2D eigenvalue weighted by molar-refractivity contribution is 5.92. The highest BCUT2D eigenvalue weighted by atomic mass is 16.5. The second kappa shape index (κ2) is 7.49. The van der Waals surface area contributed by atoms with Crippen LogP contribution in [-0.4, -0.2) is 17.1 Å². The van der Waals surface area contributed by atoms with E-state index in [2.05, 4.69) is 11.9 Å². The van der Waals surface area contributed by atoms with E-state index >= 15 is 0 Å². The van der Waals surface area contributed by atoms with Crippen molar-refractivity contribution in [1.29, 1.82) is 0 Å². The number of pyridine rings is 1. The van der Waals surface area contributed by atoms with Gasteiger partial charge >= 0.3 is 0 Å². The Kier molecular flexibility index (Phi) is 4.95. The Bertz CT molecular complexity index is 962. The van der Waals surface area contributed by atoms with E-state index in [-0.39, 0.29) is 18.1 Å². The van der Waals surface area contributed by atoms with Crippen LogP contribution in [0.4, 0.5) is 5.69 Å². The van der Waals surface area contributed by atoms with Crippen LogP contribution in [0.2, 0.25) is 0 Å². The number of carbonyl (C=O) groups excluding carboxylic acids is 1. The Balaban J connectivity index is 1.77. The van der Waals surface area contributed by atoms with Gasteiger partial charge in [-0.15, -0.1) is 6.58 Å². The molecule has 0 aliphatic heterocycles. The number of para-hydroxylation sites is 1. The summed E-state index contributed by atoms with van der Waals surface area (Å²) in [5, 5.41) is 3.98. The SMILES string of the molecule is C=CCn1ccc2c(OCC(=O)Nc3ccccc3)cccc2c1=O. The molecule has 1 N–H and O–H groups in total. The predicted molar refractivity (Wildman–Crippen MR) is 99.0 cm³/mol. The molecule has 0 spiro atoms. The number of nitrogens with one attached hydrogen (secondary N) is 1. The normalized spacial score (nSPS) is 10.4. The number of aromatic nitrogens is 1. The lowest BCUT2D eigenvalue weighted by Gasteiger charge is -2.11. The maximum absolute atomic E-state index is 12.4. The van der Waals surface area contributed by atoms with Gasteiger partial charge < -0.3 is 14.6 Å². The van der Waals surface area contributed by atoms with E-state index in [1.165, 1.54) is 0 Å². The van der Waals surface area contributed by atoms with E-state index in [0.29, 0.717) is 28.8 Å². The molecule has 0 atom stereocenters. The van der Waals surface area contributed by atoms with Crippen molar-refractivity contribution in [3.8, 4) is 5.75 Å². The largest absolute Gasteiger partial charge is 0.483 e. The van der Waals surface area contributed by atoms with Gasteiger partial charge in [-0.25, -0.2) is 0 Å². The highest BCUT2D eigenvalue weighted by Crippen LogP contribution is 2.23.